The zero-order chi connectivity index (χ0) is 10.7. The smallest absolute Gasteiger partial charge is 0.139 e. The van der Waals surface area contributed by atoms with E-state index in [1.54, 1.807) is 0 Å². The molecular weight excluding hydrogens is 208 g/mol. The van der Waals surface area contributed by atoms with E-state index in [-0.39, 0.29) is 0 Å². The molecule has 0 bridgehead atoms. The molecular formula is C11H12N2OS. The fraction of sp³-hybridized carbons (Fsp3) is 0.273. The van der Waals surface area contributed by atoms with Crippen LogP contribution in [0.2, 0.25) is 0 Å². The SMILES string of the molecule is Cc1nsc(CC(O)c2ccccc2)n1. The molecule has 0 aliphatic heterocycles. The molecule has 1 unspecified atom stereocenters. The molecule has 1 N–H and O–H groups in total. The molecule has 1 aromatic heterocycles. The first-order chi connectivity index (χ1) is 7.25. The number of benzene rings is 1. The molecule has 0 aliphatic rings. The van der Waals surface area contributed by atoms with Crippen molar-refractivity contribution in [2.24, 2.45) is 0 Å². The van der Waals surface area contributed by atoms with Crippen molar-refractivity contribution in [3.63, 3.8) is 0 Å². The lowest BCUT2D eigenvalue weighted by molar-refractivity contribution is 0.178. The van der Waals surface area contributed by atoms with Crippen LogP contribution in [0.15, 0.2) is 30.3 Å². The average molecular weight is 220 g/mol. The highest BCUT2D eigenvalue weighted by Crippen LogP contribution is 2.18. The van der Waals surface area contributed by atoms with Gasteiger partial charge in [0.1, 0.15) is 10.8 Å². The predicted molar refractivity (Wildman–Crippen MR) is 59.8 cm³/mol. The summed E-state index contributed by atoms with van der Waals surface area (Å²) in [5.41, 5.74) is 0.922. The van der Waals surface area contributed by atoms with Crippen LogP contribution in [0, 0.1) is 6.92 Å². The summed E-state index contributed by atoms with van der Waals surface area (Å²) in [6.45, 7) is 1.86. The zero-order valence-corrected chi connectivity index (χ0v) is 9.24. The molecule has 0 saturated carbocycles. The molecule has 3 nitrogen and oxygen atoms in total. The van der Waals surface area contributed by atoms with E-state index < -0.39 is 6.10 Å². The highest BCUT2D eigenvalue weighted by molar-refractivity contribution is 7.05. The van der Waals surface area contributed by atoms with Crippen LogP contribution in [0.25, 0.3) is 0 Å². The van der Waals surface area contributed by atoms with Gasteiger partial charge in [0.25, 0.3) is 0 Å². The monoisotopic (exact) mass is 220 g/mol. The Morgan fingerprint density at radius 2 is 2.07 bits per heavy atom. The summed E-state index contributed by atoms with van der Waals surface area (Å²) in [5.74, 6) is 0.773. The first kappa shape index (κ1) is 10.3. The first-order valence-corrected chi connectivity index (χ1v) is 5.55. The van der Waals surface area contributed by atoms with Gasteiger partial charge in [-0.05, 0) is 24.0 Å². The number of aliphatic hydroxyl groups is 1. The van der Waals surface area contributed by atoms with E-state index in [1.807, 2.05) is 37.3 Å². The van der Waals surface area contributed by atoms with Gasteiger partial charge in [-0.3, -0.25) is 0 Å². The van der Waals surface area contributed by atoms with E-state index in [0.717, 1.165) is 16.4 Å². The molecule has 78 valence electrons. The quantitative estimate of drug-likeness (QED) is 0.861. The van der Waals surface area contributed by atoms with E-state index in [4.69, 9.17) is 0 Å². The second kappa shape index (κ2) is 4.51. The van der Waals surface area contributed by atoms with Crippen LogP contribution in [-0.2, 0) is 6.42 Å². The van der Waals surface area contributed by atoms with Gasteiger partial charge in [-0.25, -0.2) is 4.98 Å². The molecule has 0 radical (unpaired) electrons. The van der Waals surface area contributed by atoms with Crippen molar-refractivity contribution >= 4 is 11.5 Å². The Kier molecular flexibility index (Phi) is 3.08. The van der Waals surface area contributed by atoms with E-state index in [0.29, 0.717) is 6.42 Å². The van der Waals surface area contributed by atoms with Gasteiger partial charge in [0, 0.05) is 6.42 Å². The van der Waals surface area contributed by atoms with Crippen molar-refractivity contribution in [1.82, 2.24) is 9.36 Å². The van der Waals surface area contributed by atoms with Crippen LogP contribution in [0.3, 0.4) is 0 Å². The molecule has 1 heterocycles. The summed E-state index contributed by atoms with van der Waals surface area (Å²) in [4.78, 5) is 4.22. The molecule has 1 aromatic carbocycles. The maximum atomic E-state index is 9.92. The van der Waals surface area contributed by atoms with E-state index in [9.17, 15) is 5.11 Å². The average Bonchev–Trinajstić information content (AvgIpc) is 2.65. The number of aryl methyl sites for hydroxylation is 1. The summed E-state index contributed by atoms with van der Waals surface area (Å²) in [6, 6.07) is 9.61. The maximum Gasteiger partial charge on any atom is 0.139 e. The van der Waals surface area contributed by atoms with E-state index in [2.05, 4.69) is 9.36 Å². The van der Waals surface area contributed by atoms with Crippen molar-refractivity contribution in [3.8, 4) is 0 Å². The van der Waals surface area contributed by atoms with Gasteiger partial charge < -0.3 is 5.11 Å². The molecule has 4 heteroatoms. The van der Waals surface area contributed by atoms with Crippen LogP contribution < -0.4 is 0 Å². The Hall–Kier alpha value is -1.26. The number of aliphatic hydroxyl groups excluding tert-OH is 1. The second-order valence-corrected chi connectivity index (χ2v) is 4.20. The lowest BCUT2D eigenvalue weighted by atomic mass is 10.1. The summed E-state index contributed by atoms with van der Waals surface area (Å²) in [5, 5.41) is 10.8. The van der Waals surface area contributed by atoms with Gasteiger partial charge >= 0.3 is 0 Å². The molecule has 0 fully saturated rings. The number of hydrogen-bond acceptors (Lipinski definition) is 4. The van der Waals surface area contributed by atoms with Crippen molar-refractivity contribution in [3.05, 3.63) is 46.7 Å². The highest BCUT2D eigenvalue weighted by atomic mass is 32.1. The Labute approximate surface area is 92.6 Å². The minimum absolute atomic E-state index is 0.487. The number of hydrogen-bond donors (Lipinski definition) is 1. The van der Waals surface area contributed by atoms with Gasteiger partial charge in [-0.1, -0.05) is 30.3 Å². The van der Waals surface area contributed by atoms with Crippen LogP contribution in [-0.4, -0.2) is 14.5 Å². The molecule has 0 saturated heterocycles. The third-order valence-electron chi connectivity index (χ3n) is 2.12. The summed E-state index contributed by atoms with van der Waals surface area (Å²) >= 11 is 1.35. The fourth-order valence-electron chi connectivity index (χ4n) is 1.38. The minimum atomic E-state index is -0.487. The zero-order valence-electron chi connectivity index (χ0n) is 8.42. The number of nitrogens with zero attached hydrogens (tertiary/aromatic N) is 2. The second-order valence-electron chi connectivity index (χ2n) is 3.37. The van der Waals surface area contributed by atoms with Crippen molar-refractivity contribution in [2.75, 3.05) is 0 Å². The minimum Gasteiger partial charge on any atom is -0.388 e. The molecule has 0 amide bonds. The molecule has 0 aliphatic carbocycles. The van der Waals surface area contributed by atoms with Gasteiger partial charge in [-0.2, -0.15) is 4.37 Å². The third-order valence-corrected chi connectivity index (χ3v) is 2.95. The normalized spacial score (nSPS) is 12.7. The topological polar surface area (TPSA) is 46.0 Å². The van der Waals surface area contributed by atoms with Crippen molar-refractivity contribution < 1.29 is 5.11 Å². The van der Waals surface area contributed by atoms with Crippen LogP contribution in [0.1, 0.15) is 22.5 Å². The van der Waals surface area contributed by atoms with Gasteiger partial charge in [0.05, 0.1) is 6.10 Å². The van der Waals surface area contributed by atoms with Gasteiger partial charge in [0.15, 0.2) is 0 Å². The van der Waals surface area contributed by atoms with Crippen molar-refractivity contribution in [2.45, 2.75) is 19.4 Å². The van der Waals surface area contributed by atoms with Crippen LogP contribution >= 0.6 is 11.5 Å². The highest BCUT2D eigenvalue weighted by Gasteiger charge is 2.10. The lowest BCUT2D eigenvalue weighted by Crippen LogP contribution is -2.01. The van der Waals surface area contributed by atoms with Gasteiger partial charge in [0.2, 0.25) is 0 Å². The molecule has 2 rings (SSSR count). The fourth-order valence-corrected chi connectivity index (χ4v) is 2.07. The number of rotatable bonds is 3. The Bertz CT molecular complexity index is 427. The molecule has 0 spiro atoms. The summed E-state index contributed by atoms with van der Waals surface area (Å²) < 4.78 is 4.08. The lowest BCUT2D eigenvalue weighted by Gasteiger charge is -2.07. The van der Waals surface area contributed by atoms with E-state index >= 15 is 0 Å². The Morgan fingerprint density at radius 3 is 2.67 bits per heavy atom. The largest absolute Gasteiger partial charge is 0.388 e. The molecule has 2 aromatic rings. The van der Waals surface area contributed by atoms with Crippen LogP contribution in [0.5, 0.6) is 0 Å². The summed E-state index contributed by atoms with van der Waals surface area (Å²) in [6.07, 6.45) is 0.0498. The molecule has 1 atom stereocenters. The summed E-state index contributed by atoms with van der Waals surface area (Å²) in [7, 11) is 0. The maximum absolute atomic E-state index is 9.92. The Balaban J connectivity index is 2.07. The van der Waals surface area contributed by atoms with E-state index in [1.165, 1.54) is 11.5 Å². The Morgan fingerprint density at radius 1 is 1.33 bits per heavy atom. The predicted octanol–water partition coefficient (Wildman–Crippen LogP) is 2.12. The van der Waals surface area contributed by atoms with Crippen molar-refractivity contribution in [1.29, 1.82) is 0 Å². The van der Waals surface area contributed by atoms with Crippen LogP contribution in [0.4, 0.5) is 0 Å². The molecule has 15 heavy (non-hydrogen) atoms. The number of aromatic nitrogens is 2. The first-order valence-electron chi connectivity index (χ1n) is 4.78. The standard InChI is InChI=1S/C11H12N2OS/c1-8-12-11(15-13-8)7-10(14)9-5-3-2-4-6-9/h2-6,10,14H,7H2,1H3. The van der Waals surface area contributed by atoms with Gasteiger partial charge in [-0.15, -0.1) is 0 Å². The third kappa shape index (κ3) is 2.61.